The topological polar surface area (TPSA) is 67.8 Å². The number of nitrogens with one attached hydrogen (secondary N) is 1. The van der Waals surface area contributed by atoms with Crippen LogP contribution in [-0.4, -0.2) is 30.5 Å². The molecule has 0 radical (unpaired) electrons. The summed E-state index contributed by atoms with van der Waals surface area (Å²) in [5, 5.41) is 12.4. The molecule has 1 amide bonds. The summed E-state index contributed by atoms with van der Waals surface area (Å²) in [6, 6.07) is 7.35. The van der Waals surface area contributed by atoms with E-state index in [0.29, 0.717) is 18.7 Å². The molecule has 0 aliphatic carbocycles. The van der Waals surface area contributed by atoms with Gasteiger partial charge in [0, 0.05) is 5.56 Å². The van der Waals surface area contributed by atoms with Crippen LogP contribution in [0.1, 0.15) is 25.0 Å². The number of carbonyl (C=O) groups excluding carboxylic acids is 1. The second-order valence-corrected chi connectivity index (χ2v) is 4.18. The largest absolute Gasteiger partial charge is 0.489 e. The van der Waals surface area contributed by atoms with Crippen LogP contribution in [-0.2, 0) is 4.74 Å². The lowest BCUT2D eigenvalue weighted by atomic mass is 10.1. The standard InChI is InChI=1S/C13H17NO4/c1-2-11(15)10-5-3-4-6-12(10)17-8-9-7-14-13(16)18-9/h3-6,9,11,15H,2,7-8H2,1H3,(H,14,16). The molecule has 2 N–H and O–H groups in total. The van der Waals surface area contributed by atoms with Crippen molar-refractivity contribution in [3.8, 4) is 5.75 Å². The molecule has 1 aliphatic heterocycles. The van der Waals surface area contributed by atoms with Gasteiger partial charge in [-0.2, -0.15) is 0 Å². The number of carbonyl (C=O) groups is 1. The van der Waals surface area contributed by atoms with Crippen molar-refractivity contribution in [2.75, 3.05) is 13.2 Å². The van der Waals surface area contributed by atoms with Crippen molar-refractivity contribution in [3.63, 3.8) is 0 Å². The number of aliphatic hydroxyl groups is 1. The van der Waals surface area contributed by atoms with Gasteiger partial charge in [-0.05, 0) is 12.5 Å². The van der Waals surface area contributed by atoms with E-state index < -0.39 is 12.2 Å². The number of benzene rings is 1. The van der Waals surface area contributed by atoms with Crippen LogP contribution in [0.3, 0.4) is 0 Å². The number of hydrogen-bond donors (Lipinski definition) is 2. The van der Waals surface area contributed by atoms with Crippen LogP contribution in [0.2, 0.25) is 0 Å². The third kappa shape index (κ3) is 2.92. The van der Waals surface area contributed by atoms with E-state index in [1.807, 2.05) is 25.1 Å². The highest BCUT2D eigenvalue weighted by Crippen LogP contribution is 2.27. The van der Waals surface area contributed by atoms with Crippen molar-refractivity contribution in [1.29, 1.82) is 0 Å². The van der Waals surface area contributed by atoms with Crippen LogP contribution in [0.15, 0.2) is 24.3 Å². The molecule has 0 bridgehead atoms. The number of alkyl carbamates (subject to hydrolysis) is 1. The Hall–Kier alpha value is -1.75. The normalized spacial score (nSPS) is 20.1. The van der Waals surface area contributed by atoms with Crippen LogP contribution in [0, 0.1) is 0 Å². The number of ether oxygens (including phenoxy) is 2. The highest BCUT2D eigenvalue weighted by atomic mass is 16.6. The van der Waals surface area contributed by atoms with Gasteiger partial charge in [0.1, 0.15) is 12.4 Å². The van der Waals surface area contributed by atoms with Crippen molar-refractivity contribution in [2.45, 2.75) is 25.6 Å². The maximum atomic E-state index is 10.9. The van der Waals surface area contributed by atoms with Gasteiger partial charge in [-0.25, -0.2) is 4.79 Å². The first-order valence-electron chi connectivity index (χ1n) is 6.05. The molecule has 1 aliphatic rings. The van der Waals surface area contributed by atoms with E-state index in [4.69, 9.17) is 9.47 Å². The Morgan fingerprint density at radius 3 is 3.00 bits per heavy atom. The quantitative estimate of drug-likeness (QED) is 0.834. The van der Waals surface area contributed by atoms with Crippen LogP contribution in [0.4, 0.5) is 4.79 Å². The predicted molar refractivity (Wildman–Crippen MR) is 65.5 cm³/mol. The zero-order chi connectivity index (χ0) is 13.0. The second-order valence-electron chi connectivity index (χ2n) is 4.18. The van der Waals surface area contributed by atoms with E-state index in [-0.39, 0.29) is 12.7 Å². The Labute approximate surface area is 106 Å². The first-order valence-corrected chi connectivity index (χ1v) is 6.05. The fraction of sp³-hybridized carbons (Fsp3) is 0.462. The average Bonchev–Trinajstić information content (AvgIpc) is 2.81. The number of amides is 1. The molecule has 1 fully saturated rings. The monoisotopic (exact) mass is 251 g/mol. The Bertz CT molecular complexity index is 421. The van der Waals surface area contributed by atoms with Crippen molar-refractivity contribution in [3.05, 3.63) is 29.8 Å². The van der Waals surface area contributed by atoms with E-state index in [1.54, 1.807) is 6.07 Å². The maximum Gasteiger partial charge on any atom is 0.407 e. The van der Waals surface area contributed by atoms with Gasteiger partial charge in [-0.15, -0.1) is 0 Å². The molecule has 5 nitrogen and oxygen atoms in total. The summed E-state index contributed by atoms with van der Waals surface area (Å²) in [5.41, 5.74) is 0.761. The molecule has 0 spiro atoms. The molecule has 0 saturated carbocycles. The van der Waals surface area contributed by atoms with E-state index in [0.717, 1.165) is 5.56 Å². The summed E-state index contributed by atoms with van der Waals surface area (Å²) >= 11 is 0. The number of para-hydroxylation sites is 1. The molecule has 18 heavy (non-hydrogen) atoms. The first kappa shape index (κ1) is 12.7. The minimum Gasteiger partial charge on any atom is -0.489 e. The minimum atomic E-state index is -0.537. The maximum absolute atomic E-state index is 10.9. The van der Waals surface area contributed by atoms with E-state index in [9.17, 15) is 9.90 Å². The van der Waals surface area contributed by atoms with Crippen LogP contribution in [0.5, 0.6) is 5.75 Å². The molecule has 2 atom stereocenters. The lowest BCUT2D eigenvalue weighted by Gasteiger charge is -2.16. The summed E-state index contributed by atoms with van der Waals surface area (Å²) in [6.45, 7) is 2.65. The summed E-state index contributed by atoms with van der Waals surface area (Å²) in [4.78, 5) is 10.9. The average molecular weight is 251 g/mol. The van der Waals surface area contributed by atoms with Gasteiger partial charge >= 0.3 is 6.09 Å². The third-order valence-corrected chi connectivity index (χ3v) is 2.84. The number of rotatable bonds is 5. The summed E-state index contributed by atoms with van der Waals surface area (Å²) in [6.07, 6.45) is -0.597. The minimum absolute atomic E-state index is 0.274. The van der Waals surface area contributed by atoms with Gasteiger partial charge in [-0.3, -0.25) is 0 Å². The number of cyclic esters (lactones) is 1. The zero-order valence-corrected chi connectivity index (χ0v) is 10.3. The van der Waals surface area contributed by atoms with E-state index in [2.05, 4.69) is 5.32 Å². The highest BCUT2D eigenvalue weighted by Gasteiger charge is 2.23. The molecule has 2 rings (SSSR count). The Morgan fingerprint density at radius 1 is 1.56 bits per heavy atom. The van der Waals surface area contributed by atoms with Crippen molar-refractivity contribution < 1.29 is 19.4 Å². The molecule has 1 aromatic rings. The smallest absolute Gasteiger partial charge is 0.407 e. The van der Waals surface area contributed by atoms with Gasteiger partial charge < -0.3 is 19.9 Å². The van der Waals surface area contributed by atoms with Gasteiger partial charge in [0.05, 0.1) is 12.6 Å². The molecule has 1 saturated heterocycles. The van der Waals surface area contributed by atoms with Crippen molar-refractivity contribution >= 4 is 6.09 Å². The second kappa shape index (κ2) is 5.73. The third-order valence-electron chi connectivity index (χ3n) is 2.84. The Kier molecular flexibility index (Phi) is 4.04. The highest BCUT2D eigenvalue weighted by molar-refractivity contribution is 5.69. The number of aliphatic hydroxyl groups excluding tert-OH is 1. The fourth-order valence-electron chi connectivity index (χ4n) is 1.81. The van der Waals surface area contributed by atoms with E-state index >= 15 is 0 Å². The molecule has 1 heterocycles. The summed E-state index contributed by atoms with van der Waals surface area (Å²) in [7, 11) is 0. The lowest BCUT2D eigenvalue weighted by Crippen LogP contribution is -2.22. The molecular weight excluding hydrogens is 234 g/mol. The SMILES string of the molecule is CCC(O)c1ccccc1OCC1CNC(=O)O1. The Morgan fingerprint density at radius 2 is 2.33 bits per heavy atom. The van der Waals surface area contributed by atoms with Gasteiger partial charge in [-0.1, -0.05) is 25.1 Å². The zero-order valence-electron chi connectivity index (χ0n) is 10.3. The van der Waals surface area contributed by atoms with Gasteiger partial charge in [0.2, 0.25) is 0 Å². The first-order chi connectivity index (χ1) is 8.70. The molecule has 98 valence electrons. The van der Waals surface area contributed by atoms with Crippen LogP contribution in [0.25, 0.3) is 0 Å². The van der Waals surface area contributed by atoms with Gasteiger partial charge in [0.25, 0.3) is 0 Å². The van der Waals surface area contributed by atoms with Crippen LogP contribution < -0.4 is 10.1 Å². The molecular formula is C13H17NO4. The molecule has 5 heteroatoms. The van der Waals surface area contributed by atoms with Gasteiger partial charge in [0.15, 0.2) is 6.10 Å². The Balaban J connectivity index is 1.98. The fourth-order valence-corrected chi connectivity index (χ4v) is 1.81. The summed E-state index contributed by atoms with van der Waals surface area (Å²) in [5.74, 6) is 0.634. The van der Waals surface area contributed by atoms with Crippen molar-refractivity contribution in [1.82, 2.24) is 5.32 Å². The predicted octanol–water partition coefficient (Wildman–Crippen LogP) is 1.62. The molecule has 2 unspecified atom stereocenters. The van der Waals surface area contributed by atoms with E-state index in [1.165, 1.54) is 0 Å². The summed E-state index contributed by atoms with van der Waals surface area (Å²) < 4.78 is 10.6. The lowest BCUT2D eigenvalue weighted by molar-refractivity contribution is 0.102. The molecule has 1 aromatic carbocycles. The molecule has 0 aromatic heterocycles. The number of hydrogen-bond acceptors (Lipinski definition) is 4. The van der Waals surface area contributed by atoms with Crippen LogP contribution >= 0.6 is 0 Å². The van der Waals surface area contributed by atoms with Crippen molar-refractivity contribution in [2.24, 2.45) is 0 Å².